The van der Waals surface area contributed by atoms with Crippen molar-refractivity contribution in [3.63, 3.8) is 0 Å². The second-order valence-corrected chi connectivity index (χ2v) is 7.54. The Morgan fingerprint density at radius 2 is 1.96 bits per heavy atom. The van der Waals surface area contributed by atoms with Gasteiger partial charge in [-0.1, -0.05) is 13.8 Å². The molecule has 150 valence electrons. The average molecular weight is 379 g/mol. The molecule has 2 N–H and O–H groups in total. The first kappa shape index (κ1) is 21.1. The van der Waals surface area contributed by atoms with E-state index in [1.165, 1.54) is 13.0 Å². The van der Waals surface area contributed by atoms with Crippen molar-refractivity contribution in [3.05, 3.63) is 27.8 Å². The van der Waals surface area contributed by atoms with Crippen LogP contribution in [0, 0.1) is 10.1 Å². The molecule has 2 heterocycles. The van der Waals surface area contributed by atoms with Crippen LogP contribution in [0.15, 0.2) is 12.1 Å². The van der Waals surface area contributed by atoms with Gasteiger partial charge in [0.1, 0.15) is 23.1 Å². The summed E-state index contributed by atoms with van der Waals surface area (Å²) in [6.07, 6.45) is 2.46. The van der Waals surface area contributed by atoms with Crippen LogP contribution in [-0.2, 0) is 4.79 Å². The van der Waals surface area contributed by atoms with E-state index in [0.29, 0.717) is 11.3 Å². The summed E-state index contributed by atoms with van der Waals surface area (Å²) < 4.78 is 5.91. The Kier molecular flexibility index (Phi) is 6.11. The summed E-state index contributed by atoms with van der Waals surface area (Å²) in [7, 11) is 0. The van der Waals surface area contributed by atoms with Crippen LogP contribution < -0.4 is 10.1 Å². The van der Waals surface area contributed by atoms with Crippen molar-refractivity contribution in [3.8, 4) is 5.75 Å². The molecule has 3 rings (SSSR count). The molecule has 1 aromatic rings. The number of fused-ring (bicyclic) bond motifs is 1. The van der Waals surface area contributed by atoms with Crippen molar-refractivity contribution in [1.29, 1.82) is 0 Å². The Bertz CT molecular complexity index is 728. The highest BCUT2D eigenvalue weighted by Gasteiger charge is 2.46. The number of ether oxygens (including phenoxy) is 1. The molecule has 1 saturated heterocycles. The molecule has 2 unspecified atom stereocenters. The van der Waals surface area contributed by atoms with Crippen molar-refractivity contribution in [2.45, 2.75) is 65.2 Å². The summed E-state index contributed by atoms with van der Waals surface area (Å²) in [5.41, 5.74) is -0.297. The van der Waals surface area contributed by atoms with Gasteiger partial charge in [0, 0.05) is 12.5 Å². The summed E-state index contributed by atoms with van der Waals surface area (Å²) in [5, 5.41) is 24.9. The summed E-state index contributed by atoms with van der Waals surface area (Å²) in [5.74, 6) is -0.00291. The van der Waals surface area contributed by atoms with Crippen molar-refractivity contribution in [2.24, 2.45) is 0 Å². The van der Waals surface area contributed by atoms with E-state index in [9.17, 15) is 20.0 Å². The summed E-state index contributed by atoms with van der Waals surface area (Å²) >= 11 is 0. The molecule has 2 atom stereocenters. The van der Waals surface area contributed by atoms with Gasteiger partial charge in [-0.05, 0) is 45.8 Å². The number of aliphatic hydroxyl groups is 1. The number of rotatable bonds is 3. The van der Waals surface area contributed by atoms with Crippen LogP contribution in [0.1, 0.15) is 59.1 Å². The van der Waals surface area contributed by atoms with E-state index in [2.05, 4.69) is 10.2 Å². The maximum atomic E-state index is 11.5. The molecule has 0 aromatic heterocycles. The maximum Gasteiger partial charge on any atom is 0.296 e. The second-order valence-electron chi connectivity index (χ2n) is 7.54. The summed E-state index contributed by atoms with van der Waals surface area (Å²) in [4.78, 5) is 24.6. The van der Waals surface area contributed by atoms with Gasteiger partial charge >= 0.3 is 0 Å². The largest absolute Gasteiger partial charge is 0.484 e. The molecule has 0 spiro atoms. The Morgan fingerprint density at radius 1 is 1.33 bits per heavy atom. The minimum atomic E-state index is -0.876. The standard InChI is InChI=1S/C18H25N3O5.CH4/c1-11(22)19-13-9-12-15(10-14(13)21(24)25)26-18(2,3)17(23)16(12)20-7-5-4-6-8-20;/h9-10,16-17,23H,4-8H2,1-3H3,(H,19,22);1H4. The molecule has 8 heteroatoms. The Hall–Kier alpha value is -2.19. The van der Waals surface area contributed by atoms with Crippen molar-refractivity contribution >= 4 is 17.3 Å². The topological polar surface area (TPSA) is 105 Å². The van der Waals surface area contributed by atoms with Crippen LogP contribution >= 0.6 is 0 Å². The quantitative estimate of drug-likeness (QED) is 0.617. The van der Waals surface area contributed by atoms with E-state index >= 15 is 0 Å². The van der Waals surface area contributed by atoms with E-state index in [4.69, 9.17) is 4.74 Å². The predicted octanol–water partition coefficient (Wildman–Crippen LogP) is 3.25. The van der Waals surface area contributed by atoms with Crippen molar-refractivity contribution in [1.82, 2.24) is 4.90 Å². The van der Waals surface area contributed by atoms with Gasteiger partial charge in [-0.2, -0.15) is 0 Å². The SMILES string of the molecule is C.CC(=O)Nc1cc2c(cc1[N+](=O)[O-])OC(C)(C)C(O)C2N1CCCCC1. The molecule has 8 nitrogen and oxygen atoms in total. The maximum absolute atomic E-state index is 11.5. The molecule has 0 radical (unpaired) electrons. The lowest BCUT2D eigenvalue weighted by Gasteiger charge is -2.47. The zero-order chi connectivity index (χ0) is 19.1. The lowest BCUT2D eigenvalue weighted by Crippen LogP contribution is -2.54. The lowest BCUT2D eigenvalue weighted by molar-refractivity contribution is -0.384. The van der Waals surface area contributed by atoms with Gasteiger partial charge in [0.25, 0.3) is 5.69 Å². The average Bonchev–Trinajstić information content (AvgIpc) is 2.56. The smallest absolute Gasteiger partial charge is 0.296 e. The molecule has 27 heavy (non-hydrogen) atoms. The number of nitro benzene ring substituents is 1. The van der Waals surface area contributed by atoms with Gasteiger partial charge in [-0.25, -0.2) is 0 Å². The zero-order valence-corrected chi connectivity index (χ0v) is 15.3. The first-order valence-corrected chi connectivity index (χ1v) is 8.92. The van der Waals surface area contributed by atoms with Crippen LogP contribution in [0.3, 0.4) is 0 Å². The number of anilines is 1. The molecular weight excluding hydrogens is 350 g/mol. The minimum absolute atomic E-state index is 0. The molecule has 1 aromatic carbocycles. The molecule has 0 bridgehead atoms. The van der Waals surface area contributed by atoms with Gasteiger partial charge in [0.05, 0.1) is 17.0 Å². The third-order valence-corrected chi connectivity index (χ3v) is 5.12. The highest BCUT2D eigenvalue weighted by Crippen LogP contribution is 2.47. The second kappa shape index (κ2) is 7.82. The normalized spacial score (nSPS) is 24.1. The predicted molar refractivity (Wildman–Crippen MR) is 103 cm³/mol. The van der Waals surface area contributed by atoms with Gasteiger partial charge in [0.15, 0.2) is 0 Å². The summed E-state index contributed by atoms with van der Waals surface area (Å²) in [6, 6.07) is 2.60. The van der Waals surface area contributed by atoms with Gasteiger partial charge < -0.3 is 15.2 Å². The number of carbonyl (C=O) groups excluding carboxylic acids is 1. The number of nitrogens with one attached hydrogen (secondary N) is 1. The first-order valence-electron chi connectivity index (χ1n) is 8.92. The van der Waals surface area contributed by atoms with Crippen molar-refractivity contribution in [2.75, 3.05) is 18.4 Å². The molecular formula is C19H29N3O5. The van der Waals surface area contributed by atoms with Crippen LogP contribution in [0.5, 0.6) is 5.75 Å². The number of hydrogen-bond donors (Lipinski definition) is 2. The fourth-order valence-corrected chi connectivity index (χ4v) is 3.83. The van der Waals surface area contributed by atoms with E-state index < -0.39 is 16.6 Å². The fourth-order valence-electron chi connectivity index (χ4n) is 3.83. The highest BCUT2D eigenvalue weighted by molar-refractivity contribution is 5.91. The third kappa shape index (κ3) is 4.06. The van der Waals surface area contributed by atoms with Crippen LogP contribution in [0.2, 0.25) is 0 Å². The Labute approximate surface area is 159 Å². The van der Waals surface area contributed by atoms with Crippen molar-refractivity contribution < 1.29 is 19.6 Å². The number of nitro groups is 1. The van der Waals surface area contributed by atoms with Crippen LogP contribution in [0.25, 0.3) is 0 Å². The van der Waals surface area contributed by atoms with Crippen LogP contribution in [-0.4, -0.2) is 45.6 Å². The zero-order valence-electron chi connectivity index (χ0n) is 15.3. The third-order valence-electron chi connectivity index (χ3n) is 5.12. The number of hydrogen-bond acceptors (Lipinski definition) is 6. The van der Waals surface area contributed by atoms with Gasteiger partial charge in [-0.15, -0.1) is 0 Å². The van der Waals surface area contributed by atoms with Gasteiger partial charge in [-0.3, -0.25) is 19.8 Å². The molecule has 1 fully saturated rings. The molecule has 1 amide bonds. The Morgan fingerprint density at radius 3 is 2.52 bits per heavy atom. The highest BCUT2D eigenvalue weighted by atomic mass is 16.6. The van der Waals surface area contributed by atoms with E-state index in [1.54, 1.807) is 19.9 Å². The number of carbonyl (C=O) groups is 1. The number of benzene rings is 1. The van der Waals surface area contributed by atoms with E-state index in [-0.39, 0.29) is 30.8 Å². The number of piperidine rings is 1. The Balaban J connectivity index is 0.00000261. The lowest BCUT2D eigenvalue weighted by atomic mass is 9.84. The molecule has 2 aliphatic rings. The van der Waals surface area contributed by atoms with E-state index in [0.717, 1.165) is 32.4 Å². The molecule has 2 aliphatic heterocycles. The number of amides is 1. The van der Waals surface area contributed by atoms with Gasteiger partial charge in [0.2, 0.25) is 5.91 Å². The number of nitrogens with zero attached hydrogens (tertiary/aromatic N) is 2. The fraction of sp³-hybridized carbons (Fsp3) is 0.632. The number of aliphatic hydroxyl groups excluding tert-OH is 1. The monoisotopic (exact) mass is 379 g/mol. The minimum Gasteiger partial charge on any atom is -0.484 e. The number of likely N-dealkylation sites (tertiary alicyclic amines) is 1. The molecule has 0 saturated carbocycles. The first-order chi connectivity index (χ1) is 12.2. The van der Waals surface area contributed by atoms with E-state index in [1.807, 2.05) is 0 Å². The van der Waals surface area contributed by atoms with Crippen LogP contribution in [0.4, 0.5) is 11.4 Å². The molecule has 0 aliphatic carbocycles. The summed E-state index contributed by atoms with van der Waals surface area (Å²) in [6.45, 7) is 6.57.